The first-order valence-electron chi connectivity index (χ1n) is 8.13. The number of benzene rings is 1. The molecule has 1 aromatic rings. The molecule has 1 unspecified atom stereocenters. The predicted octanol–water partition coefficient (Wildman–Crippen LogP) is 2.00. The van der Waals surface area contributed by atoms with Crippen molar-refractivity contribution in [3.8, 4) is 0 Å². The highest BCUT2D eigenvalue weighted by molar-refractivity contribution is 5.91. The monoisotopic (exact) mass is 291 g/mol. The maximum Gasteiger partial charge on any atom is 0.279 e. The fourth-order valence-electron chi connectivity index (χ4n) is 4.05. The van der Waals surface area contributed by atoms with Crippen molar-refractivity contribution in [3.63, 3.8) is 0 Å². The molecule has 4 heteroatoms. The molecule has 1 amide bonds. The van der Waals surface area contributed by atoms with E-state index in [1.54, 1.807) is 18.2 Å². The summed E-state index contributed by atoms with van der Waals surface area (Å²) < 4.78 is 13.6. The number of nitrogens with one attached hydrogen (secondary N) is 2. The molecule has 1 saturated carbocycles. The number of quaternary nitrogens is 1. The smallest absolute Gasteiger partial charge is 0.279 e. The summed E-state index contributed by atoms with van der Waals surface area (Å²) in [6, 6.07) is 7.00. The minimum absolute atomic E-state index is 0.0682. The molecule has 2 aliphatic rings. The van der Waals surface area contributed by atoms with Crippen molar-refractivity contribution in [1.82, 2.24) is 0 Å². The lowest BCUT2D eigenvalue weighted by atomic mass is 9.78. The minimum atomic E-state index is -0.366. The molecule has 1 heterocycles. The standard InChI is InChI=1S/C17H23FN2O/c18-14-8-2-3-9-15(14)19-17(21)12-20-11-5-7-13-6-1-4-10-16(13)20/h2-3,8-9,13,16H,1,4-7,10-12H2,(H,19,21)/p+1/t13-,16-/m0/s1. The van der Waals surface area contributed by atoms with Crippen LogP contribution < -0.4 is 10.2 Å². The van der Waals surface area contributed by atoms with E-state index < -0.39 is 0 Å². The van der Waals surface area contributed by atoms with Crippen LogP contribution in [-0.4, -0.2) is 25.0 Å². The van der Waals surface area contributed by atoms with Crippen LogP contribution in [0.1, 0.15) is 38.5 Å². The summed E-state index contributed by atoms with van der Waals surface area (Å²) in [5.41, 5.74) is 0.291. The van der Waals surface area contributed by atoms with Gasteiger partial charge in [-0.15, -0.1) is 0 Å². The molecule has 3 nitrogen and oxygen atoms in total. The van der Waals surface area contributed by atoms with E-state index in [1.165, 1.54) is 49.5 Å². The maximum absolute atomic E-state index is 13.6. The van der Waals surface area contributed by atoms with Crippen molar-refractivity contribution in [2.75, 3.05) is 18.4 Å². The van der Waals surface area contributed by atoms with Gasteiger partial charge in [0.05, 0.1) is 18.3 Å². The molecule has 0 aromatic heterocycles. The number of fused-ring (bicyclic) bond motifs is 1. The number of carbonyl (C=O) groups is 1. The highest BCUT2D eigenvalue weighted by atomic mass is 19.1. The van der Waals surface area contributed by atoms with Gasteiger partial charge in [0, 0.05) is 5.92 Å². The first kappa shape index (κ1) is 14.5. The molecule has 2 N–H and O–H groups in total. The average Bonchev–Trinajstić information content (AvgIpc) is 2.50. The van der Waals surface area contributed by atoms with E-state index in [0.717, 1.165) is 12.5 Å². The summed E-state index contributed by atoms with van der Waals surface area (Å²) in [7, 11) is 0. The Hall–Kier alpha value is -1.42. The van der Waals surface area contributed by atoms with E-state index in [0.29, 0.717) is 18.3 Å². The third-order valence-corrected chi connectivity index (χ3v) is 5.04. The summed E-state index contributed by atoms with van der Waals surface area (Å²) in [6.45, 7) is 1.54. The number of piperidine rings is 1. The Morgan fingerprint density at radius 1 is 1.19 bits per heavy atom. The SMILES string of the molecule is O=C(C[NH+]1CCC[C@@H]2CCCC[C@@H]21)Nc1ccccc1F. The molecule has 1 saturated heterocycles. The van der Waals surface area contributed by atoms with Crippen molar-refractivity contribution in [1.29, 1.82) is 0 Å². The van der Waals surface area contributed by atoms with Gasteiger partial charge in [0.1, 0.15) is 5.82 Å². The number of rotatable bonds is 3. The minimum Gasteiger partial charge on any atom is -0.324 e. The fraction of sp³-hybridized carbons (Fsp3) is 0.588. The van der Waals surface area contributed by atoms with Gasteiger partial charge in [0.2, 0.25) is 0 Å². The van der Waals surface area contributed by atoms with Gasteiger partial charge in [-0.2, -0.15) is 0 Å². The van der Waals surface area contributed by atoms with Crippen molar-refractivity contribution < 1.29 is 14.1 Å². The van der Waals surface area contributed by atoms with E-state index >= 15 is 0 Å². The van der Waals surface area contributed by atoms with Crippen LogP contribution in [0.3, 0.4) is 0 Å². The van der Waals surface area contributed by atoms with Crippen LogP contribution in [-0.2, 0) is 4.79 Å². The Labute approximate surface area is 125 Å². The number of amides is 1. The van der Waals surface area contributed by atoms with Crippen molar-refractivity contribution in [2.24, 2.45) is 5.92 Å². The zero-order valence-electron chi connectivity index (χ0n) is 12.4. The first-order valence-corrected chi connectivity index (χ1v) is 8.13. The van der Waals surface area contributed by atoms with Gasteiger partial charge in [-0.25, -0.2) is 4.39 Å². The molecular formula is C17H24FN2O+. The van der Waals surface area contributed by atoms with Crippen LogP contribution in [0.5, 0.6) is 0 Å². The van der Waals surface area contributed by atoms with Crippen LogP contribution in [0.25, 0.3) is 0 Å². The Morgan fingerprint density at radius 3 is 2.81 bits per heavy atom. The lowest BCUT2D eigenvalue weighted by molar-refractivity contribution is -0.928. The molecule has 0 spiro atoms. The van der Waals surface area contributed by atoms with Gasteiger partial charge in [-0.3, -0.25) is 4.79 Å². The quantitative estimate of drug-likeness (QED) is 0.877. The zero-order valence-corrected chi connectivity index (χ0v) is 12.4. The third kappa shape index (κ3) is 3.43. The van der Waals surface area contributed by atoms with Crippen LogP contribution in [0.4, 0.5) is 10.1 Å². The molecule has 3 rings (SSSR count). The van der Waals surface area contributed by atoms with Gasteiger partial charge in [-0.05, 0) is 44.2 Å². The van der Waals surface area contributed by atoms with E-state index in [2.05, 4.69) is 5.32 Å². The summed E-state index contributed by atoms with van der Waals surface area (Å²) in [5.74, 6) is 0.361. The Bertz CT molecular complexity index is 503. The number of halogens is 1. The second kappa shape index (κ2) is 6.56. The Morgan fingerprint density at radius 2 is 1.95 bits per heavy atom. The molecule has 1 aliphatic heterocycles. The fourth-order valence-corrected chi connectivity index (χ4v) is 4.05. The van der Waals surface area contributed by atoms with Gasteiger partial charge in [0.25, 0.3) is 5.91 Å². The molecular weight excluding hydrogens is 267 g/mol. The summed E-state index contributed by atoms with van der Waals surface area (Å²) in [5, 5.41) is 2.72. The molecule has 0 bridgehead atoms. The first-order chi connectivity index (χ1) is 10.2. The van der Waals surface area contributed by atoms with Gasteiger partial charge < -0.3 is 10.2 Å². The van der Waals surface area contributed by atoms with E-state index in [9.17, 15) is 9.18 Å². The summed E-state index contributed by atoms with van der Waals surface area (Å²) >= 11 is 0. The van der Waals surface area contributed by atoms with Crippen molar-refractivity contribution in [3.05, 3.63) is 30.1 Å². The third-order valence-electron chi connectivity index (χ3n) is 5.04. The molecule has 0 radical (unpaired) electrons. The van der Waals surface area contributed by atoms with Crippen molar-refractivity contribution in [2.45, 2.75) is 44.6 Å². The number of para-hydroxylation sites is 1. The lowest BCUT2D eigenvalue weighted by Crippen LogP contribution is -3.18. The maximum atomic E-state index is 13.6. The second-order valence-corrected chi connectivity index (χ2v) is 6.41. The topological polar surface area (TPSA) is 33.5 Å². The summed E-state index contributed by atoms with van der Waals surface area (Å²) in [6.07, 6.45) is 7.73. The Kier molecular flexibility index (Phi) is 4.54. The molecule has 2 fully saturated rings. The number of likely N-dealkylation sites (tertiary alicyclic amines) is 1. The Balaban J connectivity index is 1.60. The largest absolute Gasteiger partial charge is 0.324 e. The number of carbonyl (C=O) groups excluding carboxylic acids is 1. The molecule has 114 valence electrons. The van der Waals surface area contributed by atoms with Crippen LogP contribution >= 0.6 is 0 Å². The number of hydrogen-bond donors (Lipinski definition) is 2. The molecule has 1 aromatic carbocycles. The second-order valence-electron chi connectivity index (χ2n) is 6.41. The van der Waals surface area contributed by atoms with Crippen LogP contribution in [0.15, 0.2) is 24.3 Å². The van der Waals surface area contributed by atoms with E-state index in [1.807, 2.05) is 0 Å². The van der Waals surface area contributed by atoms with Gasteiger partial charge >= 0.3 is 0 Å². The van der Waals surface area contributed by atoms with Crippen LogP contribution in [0, 0.1) is 11.7 Å². The van der Waals surface area contributed by atoms with E-state index in [-0.39, 0.29) is 11.7 Å². The van der Waals surface area contributed by atoms with Crippen LogP contribution in [0.2, 0.25) is 0 Å². The zero-order chi connectivity index (χ0) is 14.7. The normalized spacial score (nSPS) is 28.7. The average molecular weight is 291 g/mol. The van der Waals surface area contributed by atoms with E-state index in [4.69, 9.17) is 0 Å². The number of anilines is 1. The molecule has 3 atom stereocenters. The lowest BCUT2D eigenvalue weighted by Gasteiger charge is -2.40. The highest BCUT2D eigenvalue weighted by Gasteiger charge is 2.37. The predicted molar refractivity (Wildman–Crippen MR) is 80.7 cm³/mol. The molecule has 21 heavy (non-hydrogen) atoms. The van der Waals surface area contributed by atoms with Gasteiger partial charge in [-0.1, -0.05) is 18.6 Å². The number of hydrogen-bond acceptors (Lipinski definition) is 1. The molecule has 1 aliphatic carbocycles. The van der Waals surface area contributed by atoms with Crippen molar-refractivity contribution >= 4 is 11.6 Å². The highest BCUT2D eigenvalue weighted by Crippen LogP contribution is 2.28. The summed E-state index contributed by atoms with van der Waals surface area (Å²) in [4.78, 5) is 13.6. The van der Waals surface area contributed by atoms with Gasteiger partial charge in [0.15, 0.2) is 6.54 Å².